The van der Waals surface area contributed by atoms with Gasteiger partial charge in [0.1, 0.15) is 5.82 Å². The molecular weight excluding hydrogens is 236 g/mol. The summed E-state index contributed by atoms with van der Waals surface area (Å²) in [6.45, 7) is 0.782. The lowest BCUT2D eigenvalue weighted by Crippen LogP contribution is -2.03. The number of benzene rings is 1. The van der Waals surface area contributed by atoms with E-state index in [0.29, 0.717) is 11.6 Å². The molecule has 1 aromatic heterocycles. The summed E-state index contributed by atoms with van der Waals surface area (Å²) in [6.07, 6.45) is 4.61. The Morgan fingerprint density at radius 2 is 1.89 bits per heavy atom. The highest BCUT2D eigenvalue weighted by atomic mass is 14.9. The van der Waals surface area contributed by atoms with E-state index in [0.717, 1.165) is 29.8 Å². The molecule has 4 nitrogen and oxygen atoms in total. The number of nitrogen functional groups attached to an aromatic ring is 1. The number of nitrogens with two attached hydrogens (primary N) is 1. The Kier molecular flexibility index (Phi) is 3.06. The molecule has 0 saturated heterocycles. The third-order valence-electron chi connectivity index (χ3n) is 2.99. The Bertz CT molecular complexity index is 644. The van der Waals surface area contributed by atoms with Gasteiger partial charge in [-0.25, -0.2) is 9.97 Å². The molecule has 1 aliphatic rings. The minimum Gasteiger partial charge on any atom is -0.384 e. The van der Waals surface area contributed by atoms with Gasteiger partial charge in [0.05, 0.1) is 5.69 Å². The third-order valence-corrected chi connectivity index (χ3v) is 2.99. The SMILES string of the molecule is Nc1cc(-c2ccccc2)nc(C2=CC=NCC2)n1. The Morgan fingerprint density at radius 3 is 2.63 bits per heavy atom. The molecule has 2 N–H and O–H groups in total. The van der Waals surface area contributed by atoms with Gasteiger partial charge in [-0.15, -0.1) is 0 Å². The maximum Gasteiger partial charge on any atom is 0.158 e. The maximum atomic E-state index is 5.89. The second-order valence-electron chi connectivity index (χ2n) is 4.36. The van der Waals surface area contributed by atoms with E-state index >= 15 is 0 Å². The monoisotopic (exact) mass is 250 g/mol. The predicted octanol–water partition coefficient (Wildman–Crippen LogP) is 2.58. The first-order valence-corrected chi connectivity index (χ1v) is 6.22. The Labute approximate surface area is 111 Å². The summed E-state index contributed by atoms with van der Waals surface area (Å²) in [5, 5.41) is 0. The van der Waals surface area contributed by atoms with Crippen molar-refractivity contribution in [2.75, 3.05) is 12.3 Å². The van der Waals surface area contributed by atoms with Crippen molar-refractivity contribution in [1.82, 2.24) is 9.97 Å². The molecule has 1 aromatic carbocycles. The van der Waals surface area contributed by atoms with Crippen molar-refractivity contribution in [3.05, 3.63) is 48.3 Å². The highest BCUT2D eigenvalue weighted by Gasteiger charge is 2.10. The van der Waals surface area contributed by atoms with E-state index in [1.165, 1.54) is 0 Å². The first kappa shape index (κ1) is 11.6. The molecular formula is C15H14N4. The van der Waals surface area contributed by atoms with Gasteiger partial charge < -0.3 is 5.73 Å². The van der Waals surface area contributed by atoms with Gasteiger partial charge in [-0.3, -0.25) is 4.99 Å². The van der Waals surface area contributed by atoms with Crippen LogP contribution < -0.4 is 5.73 Å². The summed E-state index contributed by atoms with van der Waals surface area (Å²) >= 11 is 0. The summed E-state index contributed by atoms with van der Waals surface area (Å²) in [4.78, 5) is 13.1. The van der Waals surface area contributed by atoms with E-state index in [1.807, 2.05) is 36.4 Å². The van der Waals surface area contributed by atoms with Crippen LogP contribution in [0.3, 0.4) is 0 Å². The molecule has 19 heavy (non-hydrogen) atoms. The summed E-state index contributed by atoms with van der Waals surface area (Å²) in [6, 6.07) is 11.8. The lowest BCUT2D eigenvalue weighted by molar-refractivity contribution is 0.986. The van der Waals surface area contributed by atoms with Crippen molar-refractivity contribution >= 4 is 17.6 Å². The molecule has 0 fully saturated rings. The van der Waals surface area contributed by atoms with Crippen LogP contribution >= 0.6 is 0 Å². The van der Waals surface area contributed by atoms with Crippen molar-refractivity contribution in [3.8, 4) is 11.3 Å². The average molecular weight is 250 g/mol. The van der Waals surface area contributed by atoms with E-state index < -0.39 is 0 Å². The number of anilines is 1. The summed E-state index contributed by atoms with van der Waals surface area (Å²) < 4.78 is 0. The van der Waals surface area contributed by atoms with Crippen LogP contribution in [0.1, 0.15) is 12.2 Å². The van der Waals surface area contributed by atoms with Crippen LogP contribution in [0.4, 0.5) is 5.82 Å². The molecule has 0 saturated carbocycles. The molecule has 4 heteroatoms. The zero-order chi connectivity index (χ0) is 13.1. The molecule has 3 rings (SSSR count). The first-order chi connectivity index (χ1) is 9.33. The maximum absolute atomic E-state index is 5.89. The summed E-state index contributed by atoms with van der Waals surface area (Å²) in [5.41, 5.74) is 8.87. The van der Waals surface area contributed by atoms with Crippen LogP contribution in [0.15, 0.2) is 47.5 Å². The molecule has 1 aliphatic heterocycles. The van der Waals surface area contributed by atoms with Crippen LogP contribution in [0.5, 0.6) is 0 Å². The van der Waals surface area contributed by atoms with E-state index in [1.54, 1.807) is 12.3 Å². The molecule has 2 heterocycles. The molecule has 0 bridgehead atoms. The molecule has 0 radical (unpaired) electrons. The Balaban J connectivity index is 2.06. The number of rotatable bonds is 2. The normalized spacial score (nSPS) is 14.2. The molecule has 94 valence electrons. The average Bonchev–Trinajstić information content (AvgIpc) is 2.48. The quantitative estimate of drug-likeness (QED) is 0.891. The number of hydrogen-bond donors (Lipinski definition) is 1. The van der Waals surface area contributed by atoms with Gasteiger partial charge in [0.2, 0.25) is 0 Å². The van der Waals surface area contributed by atoms with Crippen molar-refractivity contribution < 1.29 is 0 Å². The van der Waals surface area contributed by atoms with Crippen molar-refractivity contribution in [1.29, 1.82) is 0 Å². The van der Waals surface area contributed by atoms with Gasteiger partial charge in [0, 0.05) is 30.0 Å². The highest BCUT2D eigenvalue weighted by molar-refractivity contribution is 5.85. The number of aliphatic imine (C=N–C) groups is 1. The van der Waals surface area contributed by atoms with Gasteiger partial charge in [0.25, 0.3) is 0 Å². The number of hydrogen-bond acceptors (Lipinski definition) is 4. The third kappa shape index (κ3) is 2.52. The zero-order valence-corrected chi connectivity index (χ0v) is 10.5. The second kappa shape index (κ2) is 5.02. The molecule has 0 atom stereocenters. The highest BCUT2D eigenvalue weighted by Crippen LogP contribution is 2.23. The lowest BCUT2D eigenvalue weighted by Gasteiger charge is -2.10. The van der Waals surface area contributed by atoms with E-state index in [9.17, 15) is 0 Å². The fourth-order valence-corrected chi connectivity index (χ4v) is 2.04. The lowest BCUT2D eigenvalue weighted by atomic mass is 10.1. The first-order valence-electron chi connectivity index (χ1n) is 6.22. The minimum absolute atomic E-state index is 0.493. The molecule has 0 aliphatic carbocycles. The van der Waals surface area contributed by atoms with Gasteiger partial charge in [0.15, 0.2) is 5.82 Å². The predicted molar refractivity (Wildman–Crippen MR) is 77.8 cm³/mol. The topological polar surface area (TPSA) is 64.2 Å². The molecule has 0 spiro atoms. The van der Waals surface area contributed by atoms with Gasteiger partial charge in [-0.1, -0.05) is 30.3 Å². The zero-order valence-electron chi connectivity index (χ0n) is 10.5. The second-order valence-corrected chi connectivity index (χ2v) is 4.36. The van der Waals surface area contributed by atoms with Crippen molar-refractivity contribution in [2.24, 2.45) is 4.99 Å². The van der Waals surface area contributed by atoms with Gasteiger partial charge in [-0.2, -0.15) is 0 Å². The number of nitrogens with zero attached hydrogens (tertiary/aromatic N) is 3. The van der Waals surface area contributed by atoms with E-state index in [2.05, 4.69) is 15.0 Å². The van der Waals surface area contributed by atoms with E-state index in [4.69, 9.17) is 5.73 Å². The number of dihydropyridines is 1. The fourth-order valence-electron chi connectivity index (χ4n) is 2.04. The fraction of sp³-hybridized carbons (Fsp3) is 0.133. The minimum atomic E-state index is 0.493. The van der Waals surface area contributed by atoms with E-state index in [-0.39, 0.29) is 0 Å². The van der Waals surface area contributed by atoms with Crippen LogP contribution in [0.25, 0.3) is 16.8 Å². The van der Waals surface area contributed by atoms with Crippen molar-refractivity contribution in [2.45, 2.75) is 6.42 Å². The molecule has 0 amide bonds. The molecule has 0 unspecified atom stereocenters. The largest absolute Gasteiger partial charge is 0.384 e. The smallest absolute Gasteiger partial charge is 0.158 e. The summed E-state index contributed by atoms with van der Waals surface area (Å²) in [5.74, 6) is 1.19. The van der Waals surface area contributed by atoms with Gasteiger partial charge >= 0.3 is 0 Å². The van der Waals surface area contributed by atoms with Crippen LogP contribution in [-0.2, 0) is 0 Å². The summed E-state index contributed by atoms with van der Waals surface area (Å²) in [7, 11) is 0. The number of allylic oxidation sites excluding steroid dienone is 1. The van der Waals surface area contributed by atoms with Gasteiger partial charge in [-0.05, 0) is 12.5 Å². The van der Waals surface area contributed by atoms with Crippen LogP contribution in [-0.4, -0.2) is 22.7 Å². The van der Waals surface area contributed by atoms with Crippen LogP contribution in [0.2, 0.25) is 0 Å². The standard InChI is InChI=1S/C15H14N4/c16-14-10-13(11-4-2-1-3-5-11)18-15(19-14)12-6-8-17-9-7-12/h1-6,8,10H,7,9H2,(H2,16,18,19). The molecule has 2 aromatic rings. The Hall–Kier alpha value is -2.49. The van der Waals surface area contributed by atoms with Crippen molar-refractivity contribution in [3.63, 3.8) is 0 Å². The Morgan fingerprint density at radius 1 is 1.05 bits per heavy atom. The van der Waals surface area contributed by atoms with Crippen LogP contribution in [0, 0.1) is 0 Å². The number of aromatic nitrogens is 2.